The SMILES string of the molecule is COC(=O)NCC(=O)N1CCC[C@H]1c1ncc(-c2ccc(C)c(-c3cccc(C(C)(C)C)c3)c2)[nH]1. The van der Waals surface area contributed by atoms with Gasteiger partial charge in [-0.05, 0) is 53.5 Å². The Hall–Kier alpha value is -3.61. The van der Waals surface area contributed by atoms with Gasteiger partial charge in [-0.1, -0.05) is 57.2 Å². The topological polar surface area (TPSA) is 87.3 Å². The van der Waals surface area contributed by atoms with Crippen molar-refractivity contribution in [2.75, 3.05) is 20.2 Å². The zero-order valence-corrected chi connectivity index (χ0v) is 21.1. The maximum Gasteiger partial charge on any atom is 0.407 e. The molecule has 7 nitrogen and oxygen atoms in total. The van der Waals surface area contributed by atoms with E-state index in [4.69, 9.17) is 0 Å². The molecule has 0 spiro atoms. The number of aromatic nitrogens is 2. The van der Waals surface area contributed by atoms with E-state index < -0.39 is 6.09 Å². The van der Waals surface area contributed by atoms with E-state index in [-0.39, 0.29) is 23.9 Å². The van der Waals surface area contributed by atoms with E-state index >= 15 is 0 Å². The third-order valence-corrected chi connectivity index (χ3v) is 6.64. The van der Waals surface area contributed by atoms with Crippen LogP contribution >= 0.6 is 0 Å². The molecular weight excluding hydrogens is 440 g/mol. The number of likely N-dealkylation sites (tertiary alicyclic amines) is 1. The molecule has 1 aliphatic rings. The van der Waals surface area contributed by atoms with Gasteiger partial charge < -0.3 is 19.9 Å². The molecule has 4 rings (SSSR count). The molecule has 184 valence electrons. The van der Waals surface area contributed by atoms with Crippen molar-refractivity contribution in [3.05, 3.63) is 65.6 Å². The first-order valence-electron chi connectivity index (χ1n) is 12.1. The monoisotopic (exact) mass is 474 g/mol. The third kappa shape index (κ3) is 5.39. The number of amides is 2. The highest BCUT2D eigenvalue weighted by atomic mass is 16.5. The Morgan fingerprint density at radius 3 is 2.71 bits per heavy atom. The first kappa shape index (κ1) is 24.5. The van der Waals surface area contributed by atoms with E-state index in [0.29, 0.717) is 6.54 Å². The van der Waals surface area contributed by atoms with Crippen LogP contribution < -0.4 is 5.32 Å². The molecule has 1 atom stereocenters. The fraction of sp³-hybridized carbons (Fsp3) is 0.393. The van der Waals surface area contributed by atoms with E-state index in [9.17, 15) is 9.59 Å². The van der Waals surface area contributed by atoms with Gasteiger partial charge in [-0.2, -0.15) is 0 Å². The van der Waals surface area contributed by atoms with E-state index in [2.05, 4.69) is 90.2 Å². The van der Waals surface area contributed by atoms with Gasteiger partial charge in [0.05, 0.1) is 25.0 Å². The minimum atomic E-state index is -0.613. The predicted octanol–water partition coefficient (Wildman–Crippen LogP) is 5.37. The quantitative estimate of drug-likeness (QED) is 0.520. The van der Waals surface area contributed by atoms with Gasteiger partial charge in [0.2, 0.25) is 5.91 Å². The van der Waals surface area contributed by atoms with E-state index in [1.54, 1.807) is 4.90 Å². The second-order valence-corrected chi connectivity index (χ2v) is 10.1. The summed E-state index contributed by atoms with van der Waals surface area (Å²) in [5, 5.41) is 2.47. The van der Waals surface area contributed by atoms with Gasteiger partial charge in [0.25, 0.3) is 0 Å². The minimum Gasteiger partial charge on any atom is -0.453 e. The number of aromatic amines is 1. The molecule has 0 saturated carbocycles. The molecule has 7 heteroatoms. The summed E-state index contributed by atoms with van der Waals surface area (Å²) in [6.45, 7) is 9.36. The fourth-order valence-electron chi connectivity index (χ4n) is 4.58. The Morgan fingerprint density at radius 2 is 1.97 bits per heavy atom. The number of nitrogens with one attached hydrogen (secondary N) is 2. The van der Waals surface area contributed by atoms with Gasteiger partial charge >= 0.3 is 6.09 Å². The van der Waals surface area contributed by atoms with Crippen molar-refractivity contribution in [1.29, 1.82) is 0 Å². The average molecular weight is 475 g/mol. The molecule has 1 saturated heterocycles. The fourth-order valence-corrected chi connectivity index (χ4v) is 4.58. The summed E-state index contributed by atoms with van der Waals surface area (Å²) in [6.07, 6.45) is 2.94. The molecule has 2 N–H and O–H groups in total. The highest BCUT2D eigenvalue weighted by Crippen LogP contribution is 2.34. The van der Waals surface area contributed by atoms with Crippen molar-refractivity contribution < 1.29 is 14.3 Å². The van der Waals surface area contributed by atoms with Crippen molar-refractivity contribution in [1.82, 2.24) is 20.2 Å². The smallest absolute Gasteiger partial charge is 0.407 e. The van der Waals surface area contributed by atoms with Gasteiger partial charge in [0.1, 0.15) is 12.4 Å². The van der Waals surface area contributed by atoms with Crippen LogP contribution in [-0.2, 0) is 14.9 Å². The molecule has 0 aliphatic carbocycles. The van der Waals surface area contributed by atoms with Crippen LogP contribution in [0.1, 0.15) is 56.6 Å². The Morgan fingerprint density at radius 1 is 1.17 bits per heavy atom. The Bertz CT molecular complexity index is 1220. The van der Waals surface area contributed by atoms with Crippen LogP contribution in [0.3, 0.4) is 0 Å². The van der Waals surface area contributed by atoms with Crippen LogP contribution in [0, 0.1) is 6.92 Å². The summed E-state index contributed by atoms with van der Waals surface area (Å²) in [7, 11) is 1.28. The number of hydrogen-bond donors (Lipinski definition) is 2. The first-order chi connectivity index (χ1) is 16.7. The molecule has 0 unspecified atom stereocenters. The molecule has 35 heavy (non-hydrogen) atoms. The zero-order valence-electron chi connectivity index (χ0n) is 21.1. The van der Waals surface area contributed by atoms with Crippen molar-refractivity contribution in [2.24, 2.45) is 0 Å². The number of alkyl carbamates (subject to hydrolysis) is 1. The summed E-state index contributed by atoms with van der Waals surface area (Å²) < 4.78 is 4.56. The Labute approximate surface area is 206 Å². The van der Waals surface area contributed by atoms with Gasteiger partial charge in [-0.25, -0.2) is 9.78 Å². The minimum absolute atomic E-state index is 0.0801. The molecule has 2 amide bonds. The molecular formula is C28H34N4O3. The molecule has 1 aliphatic heterocycles. The predicted molar refractivity (Wildman–Crippen MR) is 137 cm³/mol. The zero-order chi connectivity index (χ0) is 25.2. The largest absolute Gasteiger partial charge is 0.453 e. The summed E-state index contributed by atoms with van der Waals surface area (Å²) in [5.74, 6) is 0.618. The lowest BCUT2D eigenvalue weighted by atomic mass is 9.85. The second-order valence-electron chi connectivity index (χ2n) is 10.1. The van der Waals surface area contributed by atoms with Crippen molar-refractivity contribution >= 4 is 12.0 Å². The number of nitrogens with zero attached hydrogens (tertiary/aromatic N) is 2. The van der Waals surface area contributed by atoms with Gasteiger partial charge in [0.15, 0.2) is 0 Å². The standard InChI is InChI=1S/C28H34N4O3/c1-18-11-12-20(15-22(18)19-8-6-9-21(14-19)28(2,3)4)23-16-29-26(31-23)24-10-7-13-32(24)25(33)17-30-27(34)35-5/h6,8-9,11-12,14-16,24H,7,10,13,17H2,1-5H3,(H,29,31)(H,30,34)/t24-/m0/s1. The van der Waals surface area contributed by atoms with Crippen LogP contribution in [0.4, 0.5) is 4.79 Å². The molecule has 0 bridgehead atoms. The Balaban J connectivity index is 1.57. The van der Waals surface area contributed by atoms with Crippen LogP contribution in [0.15, 0.2) is 48.7 Å². The summed E-state index contributed by atoms with van der Waals surface area (Å²) in [4.78, 5) is 33.9. The van der Waals surface area contributed by atoms with Gasteiger partial charge in [0, 0.05) is 12.1 Å². The Kier molecular flexibility index (Phi) is 6.96. The number of methoxy groups -OCH3 is 1. The number of carbonyl (C=O) groups is 2. The van der Waals surface area contributed by atoms with Crippen molar-refractivity contribution in [2.45, 2.75) is 52.0 Å². The van der Waals surface area contributed by atoms with Crippen LogP contribution in [0.2, 0.25) is 0 Å². The maximum absolute atomic E-state index is 12.7. The number of rotatable bonds is 5. The summed E-state index contributed by atoms with van der Waals surface area (Å²) >= 11 is 0. The number of benzene rings is 2. The molecule has 0 radical (unpaired) electrons. The number of carbonyl (C=O) groups excluding carboxylic acids is 2. The van der Waals surface area contributed by atoms with Crippen LogP contribution in [-0.4, -0.2) is 47.1 Å². The van der Waals surface area contributed by atoms with Crippen LogP contribution in [0.25, 0.3) is 22.4 Å². The van der Waals surface area contributed by atoms with Gasteiger partial charge in [-0.3, -0.25) is 4.79 Å². The highest BCUT2D eigenvalue weighted by molar-refractivity contribution is 5.82. The second kappa shape index (κ2) is 9.94. The van der Waals surface area contributed by atoms with E-state index in [0.717, 1.165) is 29.9 Å². The lowest BCUT2D eigenvalue weighted by Gasteiger charge is -2.23. The third-order valence-electron chi connectivity index (χ3n) is 6.64. The maximum atomic E-state index is 12.7. The van der Waals surface area contributed by atoms with E-state index in [1.165, 1.54) is 29.4 Å². The molecule has 3 aromatic rings. The van der Waals surface area contributed by atoms with Gasteiger partial charge in [-0.15, -0.1) is 0 Å². The lowest BCUT2D eigenvalue weighted by Crippen LogP contribution is -2.40. The normalized spacial score (nSPS) is 15.8. The number of H-pyrrole nitrogens is 1. The van der Waals surface area contributed by atoms with Crippen molar-refractivity contribution in [3.8, 4) is 22.4 Å². The lowest BCUT2D eigenvalue weighted by molar-refractivity contribution is -0.131. The molecule has 2 aromatic carbocycles. The summed E-state index contributed by atoms with van der Waals surface area (Å²) in [6, 6.07) is 15.0. The first-order valence-corrected chi connectivity index (χ1v) is 12.1. The number of aryl methyl sites for hydroxylation is 1. The summed E-state index contributed by atoms with van der Waals surface area (Å²) in [5.41, 5.74) is 6.95. The number of ether oxygens (including phenoxy) is 1. The number of hydrogen-bond acceptors (Lipinski definition) is 4. The molecule has 1 aromatic heterocycles. The average Bonchev–Trinajstić information content (AvgIpc) is 3.52. The van der Waals surface area contributed by atoms with Crippen LogP contribution in [0.5, 0.6) is 0 Å². The number of imidazole rings is 1. The van der Waals surface area contributed by atoms with E-state index in [1.807, 2.05) is 6.20 Å². The molecule has 1 fully saturated rings. The van der Waals surface area contributed by atoms with Crippen molar-refractivity contribution in [3.63, 3.8) is 0 Å². The highest BCUT2D eigenvalue weighted by Gasteiger charge is 2.32. The molecule has 2 heterocycles.